The van der Waals surface area contributed by atoms with Gasteiger partial charge in [-0.2, -0.15) is 0 Å². The van der Waals surface area contributed by atoms with Gasteiger partial charge in [-0.25, -0.2) is 14.2 Å². The van der Waals surface area contributed by atoms with E-state index in [0.717, 1.165) is 0 Å². The van der Waals surface area contributed by atoms with E-state index in [9.17, 15) is 9.90 Å². The van der Waals surface area contributed by atoms with Gasteiger partial charge in [0.2, 0.25) is 11.8 Å². The lowest BCUT2D eigenvalue weighted by molar-refractivity contribution is 0.0682. The van der Waals surface area contributed by atoms with Crippen molar-refractivity contribution in [1.82, 2.24) is 24.6 Å². The Balaban J connectivity index is 1.98. The Hall–Kier alpha value is -3.26. The number of hydrogen-bond acceptors (Lipinski definition) is 6. The van der Waals surface area contributed by atoms with Crippen molar-refractivity contribution in [3.8, 4) is 0 Å². The Morgan fingerprint density at radius 2 is 1.96 bits per heavy atom. The van der Waals surface area contributed by atoms with Crippen LogP contribution in [0.15, 0.2) is 42.7 Å². The molecule has 4 rings (SSSR count). The number of carbonyl (C=O) groups is 1. The van der Waals surface area contributed by atoms with Crippen LogP contribution in [0.3, 0.4) is 0 Å². The number of pyridine rings is 1. The molecule has 0 fully saturated rings. The van der Waals surface area contributed by atoms with E-state index in [1.54, 1.807) is 42.7 Å². The molecule has 0 spiro atoms. The molecule has 0 aliphatic rings. The van der Waals surface area contributed by atoms with Gasteiger partial charge in [0.15, 0.2) is 5.65 Å². The van der Waals surface area contributed by atoms with Crippen LogP contribution in [0.5, 0.6) is 0 Å². The molecule has 0 atom stereocenters. The number of carboxylic acid groups (broad SMARTS) is 1. The molecular weight excluding hydrogens is 332 g/mol. The summed E-state index contributed by atoms with van der Waals surface area (Å²) in [5.41, 5.74) is 1.69. The molecule has 118 valence electrons. The van der Waals surface area contributed by atoms with Crippen LogP contribution >= 0.6 is 11.6 Å². The first-order valence-electron chi connectivity index (χ1n) is 6.88. The normalized spacial score (nSPS) is 11.0. The molecule has 0 bridgehead atoms. The third-order valence-corrected chi connectivity index (χ3v) is 3.68. The van der Waals surface area contributed by atoms with E-state index in [-0.39, 0.29) is 11.8 Å². The van der Waals surface area contributed by atoms with E-state index in [2.05, 4.69) is 25.5 Å². The fourth-order valence-electron chi connectivity index (χ4n) is 2.36. The number of nitrogens with zero attached hydrogens (tertiary/aromatic N) is 5. The number of anilines is 2. The number of aromatic carboxylic acids is 1. The molecule has 3 aromatic heterocycles. The van der Waals surface area contributed by atoms with Crippen molar-refractivity contribution in [1.29, 1.82) is 0 Å². The second-order valence-corrected chi connectivity index (χ2v) is 5.38. The van der Waals surface area contributed by atoms with E-state index >= 15 is 0 Å². The van der Waals surface area contributed by atoms with Crippen LogP contribution in [0.4, 0.5) is 11.6 Å². The van der Waals surface area contributed by atoms with Crippen molar-refractivity contribution < 1.29 is 9.90 Å². The molecule has 1 aromatic carbocycles. The van der Waals surface area contributed by atoms with Crippen molar-refractivity contribution in [3.63, 3.8) is 0 Å². The van der Waals surface area contributed by atoms with E-state index in [1.807, 2.05) is 0 Å². The zero-order chi connectivity index (χ0) is 16.7. The zero-order valence-corrected chi connectivity index (χ0v) is 12.8. The largest absolute Gasteiger partial charge is 0.475 e. The van der Waals surface area contributed by atoms with Crippen LogP contribution in [-0.2, 0) is 0 Å². The van der Waals surface area contributed by atoms with Crippen LogP contribution in [0.1, 0.15) is 10.6 Å². The fourth-order valence-corrected chi connectivity index (χ4v) is 2.49. The van der Waals surface area contributed by atoms with Gasteiger partial charge in [0.25, 0.3) is 0 Å². The first-order chi connectivity index (χ1) is 11.6. The summed E-state index contributed by atoms with van der Waals surface area (Å²) in [5, 5.41) is 21.4. The highest BCUT2D eigenvalue weighted by atomic mass is 35.5. The highest BCUT2D eigenvalue weighted by Gasteiger charge is 2.19. The van der Waals surface area contributed by atoms with Crippen LogP contribution in [0.2, 0.25) is 5.02 Å². The average Bonchev–Trinajstić information content (AvgIpc) is 3.03. The number of benzene rings is 1. The topological polar surface area (TPSA) is 105 Å². The molecule has 0 saturated heterocycles. The van der Waals surface area contributed by atoms with Gasteiger partial charge in [-0.1, -0.05) is 11.6 Å². The maximum absolute atomic E-state index is 11.4. The molecule has 0 aliphatic carbocycles. The summed E-state index contributed by atoms with van der Waals surface area (Å²) in [6.07, 6.45) is 3.18. The van der Waals surface area contributed by atoms with Gasteiger partial charge in [0.1, 0.15) is 0 Å². The Morgan fingerprint density at radius 1 is 1.17 bits per heavy atom. The first kappa shape index (κ1) is 14.3. The molecule has 9 heteroatoms. The molecule has 0 aliphatic heterocycles. The Bertz CT molecular complexity index is 1080. The summed E-state index contributed by atoms with van der Waals surface area (Å²) < 4.78 is 1.35. The molecular formula is C15H9ClN6O2. The van der Waals surface area contributed by atoms with Crippen LogP contribution in [0, 0.1) is 0 Å². The van der Waals surface area contributed by atoms with Crippen LogP contribution in [-0.4, -0.2) is 35.6 Å². The molecule has 0 amide bonds. The minimum Gasteiger partial charge on any atom is -0.475 e. The quantitative estimate of drug-likeness (QED) is 0.590. The Kier molecular flexibility index (Phi) is 3.24. The molecule has 3 heterocycles. The molecule has 2 N–H and O–H groups in total. The summed E-state index contributed by atoms with van der Waals surface area (Å²) >= 11 is 5.88. The maximum atomic E-state index is 11.4. The second kappa shape index (κ2) is 5.43. The van der Waals surface area contributed by atoms with Crippen LogP contribution < -0.4 is 5.32 Å². The third kappa shape index (κ3) is 2.29. The minimum absolute atomic E-state index is 0.236. The fraction of sp³-hybridized carbons (Fsp3) is 0. The van der Waals surface area contributed by atoms with Gasteiger partial charge in [-0.15, -0.1) is 10.2 Å². The number of aromatic nitrogens is 5. The van der Waals surface area contributed by atoms with E-state index in [0.29, 0.717) is 27.3 Å². The molecule has 8 nitrogen and oxygen atoms in total. The van der Waals surface area contributed by atoms with Crippen molar-refractivity contribution in [2.75, 3.05) is 5.32 Å². The lowest BCUT2D eigenvalue weighted by Crippen LogP contribution is -2.09. The van der Waals surface area contributed by atoms with E-state index < -0.39 is 5.97 Å². The van der Waals surface area contributed by atoms with Gasteiger partial charge in [-0.05, 0) is 30.3 Å². The Morgan fingerprint density at radius 3 is 2.71 bits per heavy atom. The number of fused-ring (bicyclic) bond motifs is 3. The number of halogens is 1. The van der Waals surface area contributed by atoms with Crippen molar-refractivity contribution in [3.05, 3.63) is 53.6 Å². The van der Waals surface area contributed by atoms with E-state index in [4.69, 9.17) is 11.6 Å². The lowest BCUT2D eigenvalue weighted by atomic mass is 10.3. The monoisotopic (exact) mass is 340 g/mol. The van der Waals surface area contributed by atoms with Gasteiger partial charge in [-0.3, -0.25) is 4.98 Å². The SMILES string of the molecule is O=C(O)c1nnc2c3cnccc3nc(Nc3ccc(Cl)cc3)n12. The summed E-state index contributed by atoms with van der Waals surface area (Å²) in [4.78, 5) is 20.0. The molecule has 24 heavy (non-hydrogen) atoms. The second-order valence-electron chi connectivity index (χ2n) is 4.95. The number of rotatable bonds is 3. The zero-order valence-electron chi connectivity index (χ0n) is 12.0. The first-order valence-corrected chi connectivity index (χ1v) is 7.26. The van der Waals surface area contributed by atoms with E-state index in [1.165, 1.54) is 4.40 Å². The van der Waals surface area contributed by atoms with Gasteiger partial charge >= 0.3 is 5.97 Å². The highest BCUT2D eigenvalue weighted by molar-refractivity contribution is 6.30. The maximum Gasteiger partial charge on any atom is 0.374 e. The molecule has 4 aromatic rings. The van der Waals surface area contributed by atoms with Gasteiger partial charge < -0.3 is 10.4 Å². The summed E-state index contributed by atoms with van der Waals surface area (Å²) in [5.74, 6) is -1.15. The number of carboxylic acids is 1. The van der Waals surface area contributed by atoms with Crippen molar-refractivity contribution >= 4 is 45.8 Å². The smallest absolute Gasteiger partial charge is 0.374 e. The molecule has 0 unspecified atom stereocenters. The molecule has 0 radical (unpaired) electrons. The van der Waals surface area contributed by atoms with Gasteiger partial charge in [0, 0.05) is 23.1 Å². The lowest BCUT2D eigenvalue weighted by Gasteiger charge is -2.10. The highest BCUT2D eigenvalue weighted by Crippen LogP contribution is 2.24. The van der Waals surface area contributed by atoms with Gasteiger partial charge in [0.05, 0.1) is 10.9 Å². The molecule has 0 saturated carbocycles. The summed E-state index contributed by atoms with van der Waals surface area (Å²) in [7, 11) is 0. The van der Waals surface area contributed by atoms with Crippen LogP contribution in [0.25, 0.3) is 16.6 Å². The number of hydrogen-bond donors (Lipinski definition) is 2. The predicted molar refractivity (Wildman–Crippen MR) is 87.8 cm³/mol. The van der Waals surface area contributed by atoms with Crippen molar-refractivity contribution in [2.24, 2.45) is 0 Å². The minimum atomic E-state index is -1.20. The van der Waals surface area contributed by atoms with Crippen molar-refractivity contribution in [2.45, 2.75) is 0 Å². The third-order valence-electron chi connectivity index (χ3n) is 3.43. The summed E-state index contributed by atoms with van der Waals surface area (Å²) in [6, 6.07) is 8.68. The average molecular weight is 341 g/mol. The Labute approximate surface area is 139 Å². The standard InChI is InChI=1S/C15H9ClN6O2/c16-8-1-3-9(4-2-8)18-15-19-11-5-6-17-7-10(11)12-20-21-13(14(23)24)22(12)15/h1-7H,(H,18,19)(H,23,24). The summed E-state index contributed by atoms with van der Waals surface area (Å²) in [6.45, 7) is 0. The predicted octanol–water partition coefficient (Wildman–Crippen LogP) is 2.77. The number of nitrogens with one attached hydrogen (secondary N) is 1.